The standard InChI is InChI=1S/C13H22N4O2/c1-3-8-18-12-11(14)13(16-9-15-12)19-10-4-6-17(2)7-5-10/h9-10H,3-8,14H2,1-2H3. The SMILES string of the molecule is CCCOc1ncnc(OC2CCN(C)CC2)c1N. The first-order valence-electron chi connectivity index (χ1n) is 6.79. The largest absolute Gasteiger partial charge is 0.476 e. The average molecular weight is 266 g/mol. The van der Waals surface area contributed by atoms with Crippen molar-refractivity contribution in [3.8, 4) is 11.8 Å². The molecule has 106 valence electrons. The van der Waals surface area contributed by atoms with Crippen molar-refractivity contribution in [1.82, 2.24) is 14.9 Å². The molecule has 0 saturated carbocycles. The summed E-state index contributed by atoms with van der Waals surface area (Å²) in [6.45, 7) is 4.70. The highest BCUT2D eigenvalue weighted by Crippen LogP contribution is 2.28. The van der Waals surface area contributed by atoms with Crippen LogP contribution in [-0.2, 0) is 0 Å². The molecule has 2 heterocycles. The van der Waals surface area contributed by atoms with Crippen molar-refractivity contribution in [2.75, 3.05) is 32.5 Å². The van der Waals surface area contributed by atoms with Crippen molar-refractivity contribution >= 4 is 5.69 Å². The minimum absolute atomic E-state index is 0.174. The molecule has 0 aromatic carbocycles. The highest BCUT2D eigenvalue weighted by Gasteiger charge is 2.20. The van der Waals surface area contributed by atoms with Crippen LogP contribution in [0.15, 0.2) is 6.33 Å². The number of aromatic nitrogens is 2. The van der Waals surface area contributed by atoms with E-state index in [1.807, 2.05) is 6.92 Å². The van der Waals surface area contributed by atoms with E-state index in [9.17, 15) is 0 Å². The van der Waals surface area contributed by atoms with Gasteiger partial charge in [-0.2, -0.15) is 9.97 Å². The van der Waals surface area contributed by atoms with Crippen LogP contribution in [-0.4, -0.2) is 47.7 Å². The van der Waals surface area contributed by atoms with Crippen LogP contribution in [0.3, 0.4) is 0 Å². The summed E-state index contributed by atoms with van der Waals surface area (Å²) in [6, 6.07) is 0. The Labute approximate surface area is 113 Å². The van der Waals surface area contributed by atoms with Crippen LogP contribution in [0.25, 0.3) is 0 Å². The molecule has 6 heteroatoms. The Morgan fingerprint density at radius 2 is 2.00 bits per heavy atom. The number of ether oxygens (including phenoxy) is 2. The maximum absolute atomic E-state index is 5.98. The van der Waals surface area contributed by atoms with Gasteiger partial charge in [-0.1, -0.05) is 6.92 Å². The highest BCUT2D eigenvalue weighted by atomic mass is 16.5. The number of rotatable bonds is 5. The van der Waals surface area contributed by atoms with Crippen LogP contribution in [0.5, 0.6) is 11.8 Å². The smallest absolute Gasteiger partial charge is 0.244 e. The van der Waals surface area contributed by atoms with Gasteiger partial charge >= 0.3 is 0 Å². The van der Waals surface area contributed by atoms with Crippen LogP contribution < -0.4 is 15.2 Å². The Morgan fingerprint density at radius 3 is 2.68 bits per heavy atom. The molecule has 0 aliphatic carbocycles. The summed E-state index contributed by atoms with van der Waals surface area (Å²) in [5.41, 5.74) is 6.38. The van der Waals surface area contributed by atoms with Crippen molar-refractivity contribution in [3.63, 3.8) is 0 Å². The number of nitrogens with two attached hydrogens (primary N) is 1. The number of nitrogens with zero attached hydrogens (tertiary/aromatic N) is 3. The first-order chi connectivity index (χ1) is 9.20. The van der Waals surface area contributed by atoms with Gasteiger partial charge in [0, 0.05) is 13.1 Å². The lowest BCUT2D eigenvalue weighted by molar-refractivity contribution is 0.110. The van der Waals surface area contributed by atoms with Gasteiger partial charge in [0.2, 0.25) is 11.8 Å². The monoisotopic (exact) mass is 266 g/mol. The maximum atomic E-state index is 5.98. The molecule has 0 unspecified atom stereocenters. The maximum Gasteiger partial charge on any atom is 0.244 e. The lowest BCUT2D eigenvalue weighted by Gasteiger charge is -2.29. The van der Waals surface area contributed by atoms with Crippen molar-refractivity contribution < 1.29 is 9.47 Å². The van der Waals surface area contributed by atoms with Crippen LogP contribution in [0.4, 0.5) is 5.69 Å². The van der Waals surface area contributed by atoms with Gasteiger partial charge in [0.1, 0.15) is 12.4 Å². The summed E-state index contributed by atoms with van der Waals surface area (Å²) >= 11 is 0. The molecular formula is C13H22N4O2. The molecule has 19 heavy (non-hydrogen) atoms. The van der Waals surface area contributed by atoms with Crippen molar-refractivity contribution in [2.24, 2.45) is 0 Å². The van der Waals surface area contributed by atoms with Crippen LogP contribution in [0.2, 0.25) is 0 Å². The molecular weight excluding hydrogens is 244 g/mol. The van der Waals surface area contributed by atoms with E-state index in [0.717, 1.165) is 32.4 Å². The molecule has 1 aromatic heterocycles. The van der Waals surface area contributed by atoms with Gasteiger partial charge in [-0.05, 0) is 26.3 Å². The van der Waals surface area contributed by atoms with Crippen LogP contribution in [0.1, 0.15) is 26.2 Å². The number of likely N-dealkylation sites (tertiary alicyclic amines) is 1. The van der Waals surface area contributed by atoms with E-state index in [1.54, 1.807) is 0 Å². The van der Waals surface area contributed by atoms with Gasteiger partial charge in [0.15, 0.2) is 5.69 Å². The van der Waals surface area contributed by atoms with E-state index in [2.05, 4.69) is 21.9 Å². The highest BCUT2D eigenvalue weighted by molar-refractivity contribution is 5.55. The molecule has 0 amide bonds. The van der Waals surface area contributed by atoms with E-state index < -0.39 is 0 Å². The number of piperidine rings is 1. The Kier molecular flexibility index (Phi) is 4.79. The van der Waals surface area contributed by atoms with Gasteiger partial charge in [0.05, 0.1) is 6.61 Å². The van der Waals surface area contributed by atoms with Crippen molar-refractivity contribution in [2.45, 2.75) is 32.3 Å². The summed E-state index contributed by atoms with van der Waals surface area (Å²) in [6.07, 6.45) is 4.50. The van der Waals surface area contributed by atoms with E-state index in [-0.39, 0.29) is 6.10 Å². The predicted octanol–water partition coefficient (Wildman–Crippen LogP) is 1.32. The number of hydrogen-bond donors (Lipinski definition) is 1. The lowest BCUT2D eigenvalue weighted by Crippen LogP contribution is -2.35. The number of anilines is 1. The third kappa shape index (κ3) is 3.70. The normalized spacial score (nSPS) is 17.4. The second-order valence-corrected chi connectivity index (χ2v) is 4.87. The average Bonchev–Trinajstić information content (AvgIpc) is 2.42. The van der Waals surface area contributed by atoms with E-state index >= 15 is 0 Å². The second kappa shape index (κ2) is 6.56. The summed E-state index contributed by atoms with van der Waals surface area (Å²) < 4.78 is 11.3. The fraction of sp³-hybridized carbons (Fsp3) is 0.692. The quantitative estimate of drug-likeness (QED) is 0.866. The zero-order valence-corrected chi connectivity index (χ0v) is 11.6. The molecule has 0 bridgehead atoms. The Morgan fingerprint density at radius 1 is 1.32 bits per heavy atom. The van der Waals surface area contributed by atoms with E-state index in [4.69, 9.17) is 15.2 Å². The number of nitrogen functional groups attached to an aromatic ring is 1. The Hall–Kier alpha value is -1.56. The third-order valence-electron chi connectivity index (χ3n) is 3.20. The molecule has 0 spiro atoms. The zero-order chi connectivity index (χ0) is 13.7. The molecule has 6 nitrogen and oxygen atoms in total. The van der Waals surface area contributed by atoms with Crippen LogP contribution >= 0.6 is 0 Å². The molecule has 2 N–H and O–H groups in total. The first kappa shape index (κ1) is 13.9. The zero-order valence-electron chi connectivity index (χ0n) is 11.6. The molecule has 0 atom stereocenters. The lowest BCUT2D eigenvalue weighted by atomic mass is 10.1. The minimum Gasteiger partial charge on any atom is -0.476 e. The van der Waals surface area contributed by atoms with Crippen LogP contribution in [0, 0.1) is 0 Å². The second-order valence-electron chi connectivity index (χ2n) is 4.87. The van der Waals surface area contributed by atoms with Gasteiger partial charge in [-0.25, -0.2) is 0 Å². The van der Waals surface area contributed by atoms with Crippen molar-refractivity contribution in [3.05, 3.63) is 6.33 Å². The van der Waals surface area contributed by atoms with Gasteiger partial charge in [-0.15, -0.1) is 0 Å². The molecule has 1 aliphatic heterocycles. The van der Waals surface area contributed by atoms with Gasteiger partial charge < -0.3 is 20.1 Å². The fourth-order valence-corrected chi connectivity index (χ4v) is 2.03. The summed E-state index contributed by atoms with van der Waals surface area (Å²) in [7, 11) is 2.12. The summed E-state index contributed by atoms with van der Waals surface area (Å²) in [5.74, 6) is 0.857. The summed E-state index contributed by atoms with van der Waals surface area (Å²) in [4.78, 5) is 10.4. The van der Waals surface area contributed by atoms with Crippen molar-refractivity contribution in [1.29, 1.82) is 0 Å². The minimum atomic E-state index is 0.174. The van der Waals surface area contributed by atoms with Gasteiger partial charge in [0.25, 0.3) is 0 Å². The van der Waals surface area contributed by atoms with Gasteiger partial charge in [-0.3, -0.25) is 0 Å². The Balaban J connectivity index is 1.99. The number of hydrogen-bond acceptors (Lipinski definition) is 6. The fourth-order valence-electron chi connectivity index (χ4n) is 2.03. The third-order valence-corrected chi connectivity index (χ3v) is 3.20. The predicted molar refractivity (Wildman–Crippen MR) is 73.4 cm³/mol. The summed E-state index contributed by atoms with van der Waals surface area (Å²) in [5, 5.41) is 0. The van der Waals surface area contributed by atoms with E-state index in [0.29, 0.717) is 24.1 Å². The van der Waals surface area contributed by atoms with E-state index in [1.165, 1.54) is 6.33 Å². The molecule has 1 saturated heterocycles. The molecule has 0 radical (unpaired) electrons. The molecule has 1 fully saturated rings. The molecule has 1 aromatic rings. The Bertz CT molecular complexity index is 406. The molecule has 1 aliphatic rings. The molecule has 2 rings (SSSR count). The first-order valence-corrected chi connectivity index (χ1v) is 6.79. The topological polar surface area (TPSA) is 73.5 Å².